The van der Waals surface area contributed by atoms with Crippen LogP contribution >= 0.6 is 0 Å². The second kappa shape index (κ2) is 11.1. The van der Waals surface area contributed by atoms with Gasteiger partial charge in [-0.3, -0.25) is 9.59 Å². The summed E-state index contributed by atoms with van der Waals surface area (Å²) in [5, 5.41) is 5.00. The molecular formula is C28H31FN2O3. The van der Waals surface area contributed by atoms with Crippen molar-refractivity contribution in [3.8, 4) is 5.75 Å². The molecule has 2 amide bonds. The Bertz CT molecular complexity index is 1140. The average molecular weight is 463 g/mol. The van der Waals surface area contributed by atoms with E-state index in [1.807, 2.05) is 42.5 Å². The van der Waals surface area contributed by atoms with Crippen LogP contribution in [0.4, 0.5) is 4.39 Å². The average Bonchev–Trinajstić information content (AvgIpc) is 2.87. The fourth-order valence-electron chi connectivity index (χ4n) is 4.51. The summed E-state index contributed by atoms with van der Waals surface area (Å²) < 4.78 is 20.3. The van der Waals surface area contributed by atoms with Crippen LogP contribution in [0.1, 0.15) is 44.6 Å². The van der Waals surface area contributed by atoms with E-state index >= 15 is 0 Å². The van der Waals surface area contributed by atoms with Gasteiger partial charge in [-0.05, 0) is 37.3 Å². The number of carbonyl (C=O) groups excluding carboxylic acids is 2. The molecule has 1 aliphatic carbocycles. The first-order chi connectivity index (χ1) is 16.5. The molecule has 4 rings (SSSR count). The third-order valence-electron chi connectivity index (χ3n) is 6.52. The van der Waals surface area contributed by atoms with Crippen LogP contribution in [0, 0.1) is 5.82 Å². The number of rotatable bonds is 8. The Balaban J connectivity index is 1.50. The van der Waals surface area contributed by atoms with Crippen molar-refractivity contribution >= 4 is 22.6 Å². The van der Waals surface area contributed by atoms with Crippen molar-refractivity contribution in [2.45, 2.75) is 57.7 Å². The van der Waals surface area contributed by atoms with Crippen LogP contribution in [0.15, 0.2) is 66.7 Å². The van der Waals surface area contributed by atoms with Gasteiger partial charge in [0, 0.05) is 23.5 Å². The van der Waals surface area contributed by atoms with Crippen LogP contribution in [0.5, 0.6) is 5.75 Å². The lowest BCUT2D eigenvalue weighted by Gasteiger charge is -2.31. The van der Waals surface area contributed by atoms with Crippen LogP contribution in [-0.4, -0.2) is 35.4 Å². The lowest BCUT2D eigenvalue weighted by Crippen LogP contribution is -2.51. The fourth-order valence-corrected chi connectivity index (χ4v) is 4.51. The number of halogens is 1. The molecule has 1 aliphatic rings. The minimum Gasteiger partial charge on any atom is -0.483 e. The van der Waals surface area contributed by atoms with Crippen LogP contribution < -0.4 is 10.1 Å². The third kappa shape index (κ3) is 5.74. The Kier molecular flexibility index (Phi) is 7.78. The van der Waals surface area contributed by atoms with Gasteiger partial charge < -0.3 is 15.0 Å². The molecule has 1 N–H and O–H groups in total. The largest absolute Gasteiger partial charge is 0.483 e. The number of carbonyl (C=O) groups is 2. The van der Waals surface area contributed by atoms with Gasteiger partial charge in [0.1, 0.15) is 17.6 Å². The maximum absolute atomic E-state index is 14.4. The predicted molar refractivity (Wildman–Crippen MR) is 131 cm³/mol. The van der Waals surface area contributed by atoms with Gasteiger partial charge in [0.25, 0.3) is 5.91 Å². The van der Waals surface area contributed by atoms with E-state index in [1.165, 1.54) is 17.4 Å². The molecule has 3 aromatic carbocycles. The number of nitrogens with one attached hydrogen (secondary N) is 1. The quantitative estimate of drug-likeness (QED) is 0.499. The van der Waals surface area contributed by atoms with Crippen molar-refractivity contribution in [2.24, 2.45) is 0 Å². The standard InChI is InChI=1S/C28H31FN2O3/c1-20(28(33)30-23-13-3-2-4-14-23)31(18-22-11-6-8-16-25(22)29)27(32)19-34-26-17-9-12-21-10-5-7-15-24(21)26/h5-12,15-17,20,23H,2-4,13-14,18-19H2,1H3,(H,30,33)/t20-/m1/s1. The summed E-state index contributed by atoms with van der Waals surface area (Å²) in [6.45, 7) is 1.43. The van der Waals surface area contributed by atoms with Gasteiger partial charge >= 0.3 is 0 Å². The van der Waals surface area contributed by atoms with Crippen molar-refractivity contribution < 1.29 is 18.7 Å². The molecule has 1 atom stereocenters. The smallest absolute Gasteiger partial charge is 0.261 e. The molecule has 1 fully saturated rings. The van der Waals surface area contributed by atoms with Gasteiger partial charge in [0.05, 0.1) is 0 Å². The topological polar surface area (TPSA) is 58.6 Å². The molecule has 0 spiro atoms. The Morgan fingerprint density at radius 1 is 1.00 bits per heavy atom. The van der Waals surface area contributed by atoms with Gasteiger partial charge in [0.2, 0.25) is 5.91 Å². The highest BCUT2D eigenvalue weighted by molar-refractivity contribution is 5.90. The molecule has 6 heteroatoms. The monoisotopic (exact) mass is 462 g/mol. The zero-order chi connectivity index (χ0) is 23.9. The lowest BCUT2D eigenvalue weighted by molar-refractivity contribution is -0.142. The Hall–Kier alpha value is -3.41. The van der Waals surface area contributed by atoms with Crippen molar-refractivity contribution in [2.75, 3.05) is 6.61 Å². The Morgan fingerprint density at radius 2 is 1.71 bits per heavy atom. The summed E-state index contributed by atoms with van der Waals surface area (Å²) >= 11 is 0. The molecule has 178 valence electrons. The maximum Gasteiger partial charge on any atom is 0.261 e. The zero-order valence-electron chi connectivity index (χ0n) is 19.5. The molecule has 34 heavy (non-hydrogen) atoms. The molecule has 3 aromatic rings. The second-order valence-electron chi connectivity index (χ2n) is 8.90. The minimum absolute atomic E-state index is 0.0103. The molecule has 0 radical (unpaired) electrons. The number of fused-ring (bicyclic) bond motifs is 1. The first-order valence-electron chi connectivity index (χ1n) is 12.0. The highest BCUT2D eigenvalue weighted by atomic mass is 19.1. The molecule has 0 aliphatic heterocycles. The highest BCUT2D eigenvalue weighted by Gasteiger charge is 2.29. The normalized spacial score (nSPS) is 15.0. The molecule has 0 bridgehead atoms. The van der Waals surface area contributed by atoms with Gasteiger partial charge in [-0.15, -0.1) is 0 Å². The number of benzene rings is 3. The fraction of sp³-hybridized carbons (Fsp3) is 0.357. The second-order valence-corrected chi connectivity index (χ2v) is 8.90. The van der Waals surface area contributed by atoms with Crippen LogP contribution in [0.3, 0.4) is 0 Å². The van der Waals surface area contributed by atoms with Crippen molar-refractivity contribution in [1.29, 1.82) is 0 Å². The molecular weight excluding hydrogens is 431 g/mol. The SMILES string of the molecule is C[C@H](C(=O)NC1CCCCC1)N(Cc1ccccc1F)C(=O)COc1cccc2ccccc12. The minimum atomic E-state index is -0.759. The van der Waals surface area contributed by atoms with E-state index in [2.05, 4.69) is 5.32 Å². The third-order valence-corrected chi connectivity index (χ3v) is 6.52. The van der Waals surface area contributed by atoms with Gasteiger partial charge in [-0.1, -0.05) is 73.9 Å². The summed E-state index contributed by atoms with van der Waals surface area (Å²) in [5.41, 5.74) is 0.360. The van der Waals surface area contributed by atoms with E-state index in [1.54, 1.807) is 25.1 Å². The molecule has 5 nitrogen and oxygen atoms in total. The van der Waals surface area contributed by atoms with Crippen LogP contribution in [0.2, 0.25) is 0 Å². The lowest BCUT2D eigenvalue weighted by atomic mass is 9.95. The molecule has 0 saturated heterocycles. The van der Waals surface area contributed by atoms with Gasteiger partial charge in [0.15, 0.2) is 6.61 Å². The summed E-state index contributed by atoms with van der Waals surface area (Å²) in [6, 6.07) is 19.1. The summed E-state index contributed by atoms with van der Waals surface area (Å²) in [6.07, 6.45) is 5.27. The number of nitrogens with zero attached hydrogens (tertiary/aromatic N) is 1. The van der Waals surface area contributed by atoms with E-state index in [0.717, 1.165) is 36.5 Å². The van der Waals surface area contributed by atoms with E-state index < -0.39 is 11.9 Å². The summed E-state index contributed by atoms with van der Waals surface area (Å²) in [5.74, 6) is -0.406. The number of hydrogen-bond donors (Lipinski definition) is 1. The number of hydrogen-bond acceptors (Lipinski definition) is 3. The number of ether oxygens (including phenoxy) is 1. The summed E-state index contributed by atoms with van der Waals surface area (Å²) in [4.78, 5) is 27.8. The Morgan fingerprint density at radius 3 is 2.50 bits per heavy atom. The molecule has 0 heterocycles. The maximum atomic E-state index is 14.4. The molecule has 0 unspecified atom stereocenters. The zero-order valence-corrected chi connectivity index (χ0v) is 19.5. The molecule has 0 aromatic heterocycles. The van der Waals surface area contributed by atoms with E-state index in [-0.39, 0.29) is 31.0 Å². The highest BCUT2D eigenvalue weighted by Crippen LogP contribution is 2.25. The van der Waals surface area contributed by atoms with Crippen molar-refractivity contribution in [3.63, 3.8) is 0 Å². The van der Waals surface area contributed by atoms with Gasteiger partial charge in [-0.2, -0.15) is 0 Å². The van der Waals surface area contributed by atoms with Crippen LogP contribution in [0.25, 0.3) is 10.8 Å². The van der Waals surface area contributed by atoms with E-state index in [9.17, 15) is 14.0 Å². The first kappa shape index (κ1) is 23.7. The van der Waals surface area contributed by atoms with Crippen molar-refractivity contribution in [1.82, 2.24) is 10.2 Å². The van der Waals surface area contributed by atoms with E-state index in [0.29, 0.717) is 11.3 Å². The predicted octanol–water partition coefficient (Wildman–Crippen LogP) is 5.22. The first-order valence-corrected chi connectivity index (χ1v) is 12.0. The number of amides is 2. The van der Waals surface area contributed by atoms with E-state index in [4.69, 9.17) is 4.74 Å². The summed E-state index contributed by atoms with van der Waals surface area (Å²) in [7, 11) is 0. The van der Waals surface area contributed by atoms with Crippen molar-refractivity contribution in [3.05, 3.63) is 78.1 Å². The Labute approximate surface area is 199 Å². The molecule has 1 saturated carbocycles. The van der Waals surface area contributed by atoms with Gasteiger partial charge in [-0.25, -0.2) is 4.39 Å². The van der Waals surface area contributed by atoms with Crippen LogP contribution in [-0.2, 0) is 16.1 Å².